The fourth-order valence-electron chi connectivity index (χ4n) is 0.987. The zero-order valence-electron chi connectivity index (χ0n) is 9.33. The summed E-state index contributed by atoms with van der Waals surface area (Å²) in [7, 11) is 0. The van der Waals surface area contributed by atoms with Gasteiger partial charge in [0.15, 0.2) is 0 Å². The van der Waals surface area contributed by atoms with Crippen molar-refractivity contribution in [3.05, 3.63) is 12.7 Å². The Morgan fingerprint density at radius 2 is 2.21 bits per heavy atom. The van der Waals surface area contributed by atoms with Gasteiger partial charge in [0, 0.05) is 6.54 Å². The Labute approximate surface area is 87.2 Å². The van der Waals surface area contributed by atoms with Gasteiger partial charge in [0.1, 0.15) is 0 Å². The van der Waals surface area contributed by atoms with Gasteiger partial charge in [-0.2, -0.15) is 0 Å². The fraction of sp³-hybridized carbons (Fsp3) is 0.818. The number of hydrogen-bond donors (Lipinski definition) is 2. The molecule has 14 heavy (non-hydrogen) atoms. The first-order valence-corrected chi connectivity index (χ1v) is 5.28. The molecule has 2 atom stereocenters. The van der Waals surface area contributed by atoms with E-state index in [-0.39, 0.29) is 0 Å². The number of aliphatic hydroxyl groups excluding tert-OH is 1. The van der Waals surface area contributed by atoms with Crippen molar-refractivity contribution in [3.8, 4) is 0 Å². The summed E-state index contributed by atoms with van der Waals surface area (Å²) in [5.74, 6) is 0.663. The molecular weight excluding hydrogens is 178 g/mol. The molecule has 0 fully saturated rings. The minimum absolute atomic E-state index is 0.375. The van der Waals surface area contributed by atoms with E-state index >= 15 is 0 Å². The highest BCUT2D eigenvalue weighted by Crippen LogP contribution is 1.97. The standard InChI is InChI=1S/C11H23NO2/c1-4-6-14-9-11(13)8-12-7-10(3)5-2/h4,10-13H,1,5-9H2,2-3H3. The van der Waals surface area contributed by atoms with Gasteiger partial charge in [0.2, 0.25) is 0 Å². The molecule has 84 valence electrons. The van der Waals surface area contributed by atoms with Gasteiger partial charge in [-0.1, -0.05) is 26.3 Å². The third-order valence-corrected chi connectivity index (χ3v) is 2.12. The maximum absolute atomic E-state index is 9.44. The molecule has 0 aromatic carbocycles. The molecule has 0 spiro atoms. The van der Waals surface area contributed by atoms with Gasteiger partial charge in [0.05, 0.1) is 19.3 Å². The van der Waals surface area contributed by atoms with Gasteiger partial charge in [-0.25, -0.2) is 0 Å². The molecule has 0 aromatic rings. The largest absolute Gasteiger partial charge is 0.389 e. The number of aliphatic hydroxyl groups is 1. The molecule has 0 aliphatic rings. The smallest absolute Gasteiger partial charge is 0.0897 e. The van der Waals surface area contributed by atoms with Crippen molar-refractivity contribution >= 4 is 0 Å². The van der Waals surface area contributed by atoms with Crippen LogP contribution in [0.2, 0.25) is 0 Å². The second-order valence-corrected chi connectivity index (χ2v) is 3.65. The van der Waals surface area contributed by atoms with E-state index in [4.69, 9.17) is 4.74 Å². The summed E-state index contributed by atoms with van der Waals surface area (Å²) in [5, 5.41) is 12.6. The maximum atomic E-state index is 9.44. The Morgan fingerprint density at radius 3 is 2.79 bits per heavy atom. The number of hydrogen-bond acceptors (Lipinski definition) is 3. The van der Waals surface area contributed by atoms with Gasteiger partial charge in [0.25, 0.3) is 0 Å². The summed E-state index contributed by atoms with van der Waals surface area (Å²) in [6.07, 6.45) is 2.43. The zero-order chi connectivity index (χ0) is 10.8. The van der Waals surface area contributed by atoms with Crippen molar-refractivity contribution in [2.24, 2.45) is 5.92 Å². The lowest BCUT2D eigenvalue weighted by atomic mass is 10.1. The van der Waals surface area contributed by atoms with E-state index in [0.717, 1.165) is 13.0 Å². The molecule has 0 bridgehead atoms. The third-order valence-electron chi connectivity index (χ3n) is 2.12. The van der Waals surface area contributed by atoms with Crippen molar-refractivity contribution in [2.45, 2.75) is 26.4 Å². The minimum atomic E-state index is -0.418. The van der Waals surface area contributed by atoms with Gasteiger partial charge < -0.3 is 15.2 Å². The average molecular weight is 201 g/mol. The van der Waals surface area contributed by atoms with Crippen molar-refractivity contribution in [1.82, 2.24) is 5.32 Å². The van der Waals surface area contributed by atoms with E-state index in [1.807, 2.05) is 0 Å². The minimum Gasteiger partial charge on any atom is -0.389 e. The number of rotatable bonds is 9. The quantitative estimate of drug-likeness (QED) is 0.435. The summed E-state index contributed by atoms with van der Waals surface area (Å²) in [4.78, 5) is 0. The molecule has 0 aliphatic carbocycles. The van der Waals surface area contributed by atoms with Crippen molar-refractivity contribution in [1.29, 1.82) is 0 Å². The Morgan fingerprint density at radius 1 is 1.50 bits per heavy atom. The van der Waals surface area contributed by atoms with Crippen LogP contribution in [0.3, 0.4) is 0 Å². The van der Waals surface area contributed by atoms with Crippen LogP contribution in [0.4, 0.5) is 0 Å². The third kappa shape index (κ3) is 8.23. The van der Waals surface area contributed by atoms with Crippen molar-refractivity contribution in [2.75, 3.05) is 26.3 Å². The lowest BCUT2D eigenvalue weighted by Crippen LogP contribution is -2.32. The molecule has 0 rings (SSSR count). The van der Waals surface area contributed by atoms with Crippen LogP contribution in [0.5, 0.6) is 0 Å². The van der Waals surface area contributed by atoms with E-state index < -0.39 is 6.10 Å². The molecule has 0 saturated carbocycles. The summed E-state index contributed by atoms with van der Waals surface area (Å²) < 4.78 is 5.12. The highest BCUT2D eigenvalue weighted by atomic mass is 16.5. The molecule has 0 radical (unpaired) electrons. The Balaban J connectivity index is 3.25. The Hall–Kier alpha value is -0.380. The van der Waals surface area contributed by atoms with E-state index in [0.29, 0.717) is 25.7 Å². The van der Waals surface area contributed by atoms with Crippen LogP contribution >= 0.6 is 0 Å². The summed E-state index contributed by atoms with van der Waals surface area (Å²) in [6, 6.07) is 0. The molecule has 3 heteroatoms. The van der Waals surface area contributed by atoms with Crippen LogP contribution in [0, 0.1) is 5.92 Å². The predicted octanol–water partition coefficient (Wildman–Crippen LogP) is 1.19. The number of ether oxygens (including phenoxy) is 1. The van der Waals surface area contributed by atoms with Gasteiger partial charge in [-0.15, -0.1) is 6.58 Å². The lowest BCUT2D eigenvalue weighted by Gasteiger charge is -2.14. The number of nitrogens with one attached hydrogen (secondary N) is 1. The molecule has 0 amide bonds. The van der Waals surface area contributed by atoms with Crippen LogP contribution < -0.4 is 5.32 Å². The molecule has 0 aliphatic heterocycles. The van der Waals surface area contributed by atoms with Gasteiger partial charge >= 0.3 is 0 Å². The highest BCUT2D eigenvalue weighted by molar-refractivity contribution is 4.66. The topological polar surface area (TPSA) is 41.5 Å². The Bertz CT molecular complexity index is 139. The van der Waals surface area contributed by atoms with E-state index in [9.17, 15) is 5.11 Å². The maximum Gasteiger partial charge on any atom is 0.0897 e. The monoisotopic (exact) mass is 201 g/mol. The van der Waals surface area contributed by atoms with Crippen LogP contribution in [-0.2, 0) is 4.74 Å². The molecule has 0 saturated heterocycles. The van der Waals surface area contributed by atoms with E-state index in [1.54, 1.807) is 6.08 Å². The summed E-state index contributed by atoms with van der Waals surface area (Å²) >= 11 is 0. The van der Waals surface area contributed by atoms with Gasteiger partial charge in [-0.05, 0) is 12.5 Å². The molecule has 0 aromatic heterocycles. The summed E-state index contributed by atoms with van der Waals surface area (Å²) in [5.41, 5.74) is 0. The normalized spacial score (nSPS) is 15.1. The van der Waals surface area contributed by atoms with Crippen molar-refractivity contribution < 1.29 is 9.84 Å². The second kappa shape index (κ2) is 9.19. The second-order valence-electron chi connectivity index (χ2n) is 3.65. The molecule has 0 heterocycles. The molecule has 2 N–H and O–H groups in total. The first kappa shape index (κ1) is 13.6. The first-order valence-electron chi connectivity index (χ1n) is 5.28. The average Bonchev–Trinajstić information content (AvgIpc) is 2.18. The van der Waals surface area contributed by atoms with Crippen LogP contribution in [0.25, 0.3) is 0 Å². The first-order chi connectivity index (χ1) is 6.70. The SMILES string of the molecule is C=CCOCC(O)CNCC(C)CC. The van der Waals surface area contributed by atoms with Crippen molar-refractivity contribution in [3.63, 3.8) is 0 Å². The van der Waals surface area contributed by atoms with Crippen LogP contribution in [0.1, 0.15) is 20.3 Å². The molecular formula is C11H23NO2. The predicted molar refractivity (Wildman–Crippen MR) is 59.3 cm³/mol. The fourth-order valence-corrected chi connectivity index (χ4v) is 0.987. The highest BCUT2D eigenvalue weighted by Gasteiger charge is 2.04. The van der Waals surface area contributed by atoms with Crippen LogP contribution in [-0.4, -0.2) is 37.5 Å². The van der Waals surface area contributed by atoms with E-state index in [1.165, 1.54) is 0 Å². The summed E-state index contributed by atoms with van der Waals surface area (Å²) in [6.45, 7) is 10.3. The molecule has 3 nitrogen and oxygen atoms in total. The van der Waals surface area contributed by atoms with E-state index in [2.05, 4.69) is 25.7 Å². The molecule has 2 unspecified atom stereocenters. The van der Waals surface area contributed by atoms with Gasteiger partial charge in [-0.3, -0.25) is 0 Å². The zero-order valence-corrected chi connectivity index (χ0v) is 9.33. The lowest BCUT2D eigenvalue weighted by molar-refractivity contribution is 0.0491. The van der Waals surface area contributed by atoms with Crippen LogP contribution in [0.15, 0.2) is 12.7 Å². The Kier molecular flexibility index (Phi) is 8.94.